The highest BCUT2D eigenvalue weighted by Gasteiger charge is 2.20. The molecule has 8 heteroatoms. The van der Waals surface area contributed by atoms with Crippen molar-refractivity contribution >= 4 is 34.6 Å². The molecule has 3 rings (SSSR count). The molecular formula is C21H29N5O2S. The van der Waals surface area contributed by atoms with Crippen molar-refractivity contribution in [3.8, 4) is 0 Å². The standard InChI is InChI=1S/C21H29N5O2S/c1-3-25-8-10-26(11-9-25)16-6-7-17(15(2)13-16)23-20(27)14-18(24-21(22)28)19-5-4-12-29-19/h4-7,12-13,18H,3,8-11,14H2,1-2H3,(H,23,27)(H3,22,24,28). The van der Waals surface area contributed by atoms with Crippen LogP contribution in [0.1, 0.15) is 29.8 Å². The van der Waals surface area contributed by atoms with Gasteiger partial charge in [0.25, 0.3) is 0 Å². The van der Waals surface area contributed by atoms with Crippen molar-refractivity contribution in [3.05, 3.63) is 46.2 Å². The topological polar surface area (TPSA) is 90.7 Å². The number of urea groups is 1. The molecule has 0 saturated carbocycles. The summed E-state index contributed by atoms with van der Waals surface area (Å²) in [4.78, 5) is 29.6. The number of hydrogen-bond donors (Lipinski definition) is 3. The summed E-state index contributed by atoms with van der Waals surface area (Å²) in [6, 6.07) is 8.84. The fraction of sp³-hybridized carbons (Fsp3) is 0.429. The van der Waals surface area contributed by atoms with Gasteiger partial charge >= 0.3 is 6.03 Å². The summed E-state index contributed by atoms with van der Waals surface area (Å²) in [5.41, 5.74) is 8.26. The number of primary amides is 1. The van der Waals surface area contributed by atoms with Gasteiger partial charge in [-0.25, -0.2) is 4.79 Å². The molecule has 1 aromatic heterocycles. The lowest BCUT2D eigenvalue weighted by Gasteiger charge is -2.35. The molecule has 1 atom stereocenters. The monoisotopic (exact) mass is 415 g/mol. The average molecular weight is 416 g/mol. The van der Waals surface area contributed by atoms with Crippen molar-refractivity contribution in [3.63, 3.8) is 0 Å². The van der Waals surface area contributed by atoms with E-state index in [0.717, 1.165) is 48.9 Å². The van der Waals surface area contributed by atoms with E-state index in [4.69, 9.17) is 5.73 Å². The number of carbonyl (C=O) groups excluding carboxylic acids is 2. The first kappa shape index (κ1) is 21.1. The summed E-state index contributed by atoms with van der Waals surface area (Å²) in [6.45, 7) is 9.46. The van der Waals surface area contributed by atoms with E-state index in [0.29, 0.717) is 0 Å². The molecule has 1 aliphatic rings. The van der Waals surface area contributed by atoms with Crippen molar-refractivity contribution in [1.29, 1.82) is 0 Å². The van der Waals surface area contributed by atoms with E-state index in [2.05, 4.69) is 39.5 Å². The number of aryl methyl sites for hydroxylation is 1. The molecule has 0 radical (unpaired) electrons. The average Bonchev–Trinajstić information content (AvgIpc) is 3.23. The van der Waals surface area contributed by atoms with Crippen LogP contribution in [0.2, 0.25) is 0 Å². The van der Waals surface area contributed by atoms with Gasteiger partial charge in [-0.3, -0.25) is 4.79 Å². The van der Waals surface area contributed by atoms with E-state index in [1.807, 2.05) is 30.5 Å². The lowest BCUT2D eigenvalue weighted by molar-refractivity contribution is -0.116. The van der Waals surface area contributed by atoms with Crippen molar-refractivity contribution in [2.24, 2.45) is 5.73 Å². The van der Waals surface area contributed by atoms with E-state index >= 15 is 0 Å². The van der Waals surface area contributed by atoms with E-state index < -0.39 is 12.1 Å². The number of nitrogens with zero attached hydrogens (tertiary/aromatic N) is 2. The summed E-state index contributed by atoms with van der Waals surface area (Å²) in [5, 5.41) is 7.53. The molecule has 1 aliphatic heterocycles. The molecule has 156 valence electrons. The van der Waals surface area contributed by atoms with Gasteiger partial charge in [-0.05, 0) is 48.7 Å². The molecule has 0 aliphatic carbocycles. The molecule has 4 N–H and O–H groups in total. The number of amides is 3. The van der Waals surface area contributed by atoms with Crippen LogP contribution >= 0.6 is 11.3 Å². The Bertz CT molecular complexity index is 832. The molecule has 1 unspecified atom stereocenters. The van der Waals surface area contributed by atoms with Crippen LogP contribution in [0.25, 0.3) is 0 Å². The van der Waals surface area contributed by atoms with Crippen LogP contribution in [0.15, 0.2) is 35.7 Å². The predicted octanol–water partition coefficient (Wildman–Crippen LogP) is 2.94. The summed E-state index contributed by atoms with van der Waals surface area (Å²) in [7, 11) is 0. The highest BCUT2D eigenvalue weighted by Crippen LogP contribution is 2.26. The van der Waals surface area contributed by atoms with E-state index in [9.17, 15) is 9.59 Å². The zero-order valence-electron chi connectivity index (χ0n) is 17.0. The van der Waals surface area contributed by atoms with E-state index in [-0.39, 0.29) is 12.3 Å². The summed E-state index contributed by atoms with van der Waals surface area (Å²) in [6.07, 6.45) is 0.129. The lowest BCUT2D eigenvalue weighted by atomic mass is 10.1. The van der Waals surface area contributed by atoms with Crippen molar-refractivity contribution in [1.82, 2.24) is 10.2 Å². The number of rotatable bonds is 7. The quantitative estimate of drug-likeness (QED) is 0.648. The summed E-state index contributed by atoms with van der Waals surface area (Å²) in [5.74, 6) is -0.162. The Morgan fingerprint density at radius 3 is 2.55 bits per heavy atom. The number of hydrogen-bond acceptors (Lipinski definition) is 5. The normalized spacial score (nSPS) is 15.7. The molecule has 29 heavy (non-hydrogen) atoms. The third-order valence-corrected chi connectivity index (χ3v) is 6.25. The Balaban J connectivity index is 1.62. The number of nitrogens with one attached hydrogen (secondary N) is 2. The van der Waals surface area contributed by atoms with E-state index in [1.54, 1.807) is 0 Å². The van der Waals surface area contributed by atoms with Crippen LogP contribution in [0, 0.1) is 6.92 Å². The fourth-order valence-electron chi connectivity index (χ4n) is 3.58. The Morgan fingerprint density at radius 1 is 1.21 bits per heavy atom. The van der Waals surface area contributed by atoms with Gasteiger partial charge < -0.3 is 26.2 Å². The first-order valence-electron chi connectivity index (χ1n) is 9.93. The first-order valence-corrected chi connectivity index (χ1v) is 10.8. The molecule has 1 saturated heterocycles. The summed E-state index contributed by atoms with van der Waals surface area (Å²) < 4.78 is 0. The van der Waals surface area contributed by atoms with Gasteiger partial charge in [-0.1, -0.05) is 13.0 Å². The maximum atomic E-state index is 12.6. The molecule has 2 aromatic rings. The molecule has 0 bridgehead atoms. The van der Waals surface area contributed by atoms with Crippen molar-refractivity contribution in [2.45, 2.75) is 26.3 Å². The molecule has 1 aromatic carbocycles. The van der Waals surface area contributed by atoms with Crippen LogP contribution in [0.4, 0.5) is 16.2 Å². The SMILES string of the molecule is CCN1CCN(c2ccc(NC(=O)CC(NC(N)=O)c3cccs3)c(C)c2)CC1. The Kier molecular flexibility index (Phi) is 7.11. The van der Waals surface area contributed by atoms with Crippen LogP contribution < -0.4 is 21.3 Å². The molecule has 2 heterocycles. The minimum absolute atomic E-state index is 0.129. The number of nitrogens with two attached hydrogens (primary N) is 1. The zero-order chi connectivity index (χ0) is 20.8. The number of anilines is 2. The molecule has 7 nitrogen and oxygen atoms in total. The number of thiophene rings is 1. The maximum Gasteiger partial charge on any atom is 0.312 e. The zero-order valence-corrected chi connectivity index (χ0v) is 17.8. The van der Waals surface area contributed by atoms with Crippen LogP contribution in [-0.4, -0.2) is 49.6 Å². The lowest BCUT2D eigenvalue weighted by Crippen LogP contribution is -2.46. The second kappa shape index (κ2) is 9.76. The number of benzene rings is 1. The van der Waals surface area contributed by atoms with Crippen LogP contribution in [0.3, 0.4) is 0 Å². The van der Waals surface area contributed by atoms with Crippen LogP contribution in [0.5, 0.6) is 0 Å². The first-order chi connectivity index (χ1) is 14.0. The second-order valence-corrected chi connectivity index (χ2v) is 8.23. The van der Waals surface area contributed by atoms with Gasteiger partial charge in [0.05, 0.1) is 12.5 Å². The number of likely N-dealkylation sites (N-methyl/N-ethyl adjacent to an activating group) is 1. The highest BCUT2D eigenvalue weighted by molar-refractivity contribution is 7.10. The third kappa shape index (κ3) is 5.71. The second-order valence-electron chi connectivity index (χ2n) is 7.25. The van der Waals surface area contributed by atoms with Crippen LogP contribution in [-0.2, 0) is 4.79 Å². The molecule has 1 fully saturated rings. The summed E-state index contributed by atoms with van der Waals surface area (Å²) >= 11 is 1.48. The Labute approximate surface area is 175 Å². The van der Waals surface area contributed by atoms with E-state index in [1.165, 1.54) is 17.0 Å². The Morgan fingerprint density at radius 2 is 1.97 bits per heavy atom. The highest BCUT2D eigenvalue weighted by atomic mass is 32.1. The van der Waals surface area contributed by atoms with Crippen molar-refractivity contribution < 1.29 is 9.59 Å². The van der Waals surface area contributed by atoms with Gasteiger partial charge in [0.1, 0.15) is 0 Å². The van der Waals surface area contributed by atoms with Gasteiger partial charge in [0.15, 0.2) is 0 Å². The molecular weight excluding hydrogens is 386 g/mol. The minimum Gasteiger partial charge on any atom is -0.369 e. The number of piperazine rings is 1. The van der Waals surface area contributed by atoms with Crippen molar-refractivity contribution in [2.75, 3.05) is 42.9 Å². The third-order valence-electron chi connectivity index (χ3n) is 5.26. The molecule has 0 spiro atoms. The Hall–Kier alpha value is -2.58. The van der Waals surface area contributed by atoms with Gasteiger partial charge in [0, 0.05) is 42.4 Å². The van der Waals surface area contributed by atoms with Gasteiger partial charge in [-0.2, -0.15) is 0 Å². The predicted molar refractivity (Wildman–Crippen MR) is 119 cm³/mol. The smallest absolute Gasteiger partial charge is 0.312 e. The minimum atomic E-state index is -0.639. The largest absolute Gasteiger partial charge is 0.369 e. The van der Waals surface area contributed by atoms with Gasteiger partial charge in [0.2, 0.25) is 5.91 Å². The fourth-order valence-corrected chi connectivity index (χ4v) is 4.36. The maximum absolute atomic E-state index is 12.6. The number of carbonyl (C=O) groups is 2. The molecule has 3 amide bonds. The van der Waals surface area contributed by atoms with Gasteiger partial charge in [-0.15, -0.1) is 11.3 Å².